The number of hydrogen-bond donors (Lipinski definition) is 1. The van der Waals surface area contributed by atoms with Crippen LogP contribution in [0.2, 0.25) is 0 Å². The third-order valence-electron chi connectivity index (χ3n) is 3.83. The fourth-order valence-corrected chi connectivity index (χ4v) is 2.67. The van der Waals surface area contributed by atoms with Crippen molar-refractivity contribution in [2.45, 2.75) is 38.3 Å². The first-order valence-corrected chi connectivity index (χ1v) is 6.71. The van der Waals surface area contributed by atoms with Gasteiger partial charge in [-0.25, -0.2) is 0 Å². The maximum Gasteiger partial charge on any atom is 0.0729 e. The minimum atomic E-state index is 0.621. The maximum atomic E-state index is 4.47. The van der Waals surface area contributed by atoms with E-state index in [-0.39, 0.29) is 0 Å². The van der Waals surface area contributed by atoms with Crippen molar-refractivity contribution in [3.8, 4) is 0 Å². The summed E-state index contributed by atoms with van der Waals surface area (Å²) in [5, 5.41) is 7.90. The molecule has 1 fully saturated rings. The lowest BCUT2D eigenvalue weighted by Gasteiger charge is -2.08. The van der Waals surface area contributed by atoms with Crippen LogP contribution < -0.4 is 5.32 Å². The Morgan fingerprint density at radius 3 is 2.94 bits per heavy atom. The topological polar surface area (TPSA) is 34.8 Å². The van der Waals surface area contributed by atoms with Gasteiger partial charge in [0.1, 0.15) is 0 Å². The lowest BCUT2D eigenvalue weighted by molar-refractivity contribution is 0.467. The van der Waals surface area contributed by atoms with Gasteiger partial charge >= 0.3 is 0 Å². The van der Waals surface area contributed by atoms with Gasteiger partial charge in [-0.05, 0) is 25.0 Å². The minimum absolute atomic E-state index is 0.621. The number of rotatable bonds is 4. The van der Waals surface area contributed by atoms with Gasteiger partial charge in [0, 0.05) is 25.1 Å². The Morgan fingerprint density at radius 2 is 2.22 bits per heavy atom. The van der Waals surface area contributed by atoms with Crippen LogP contribution in [0.25, 0.3) is 0 Å². The van der Waals surface area contributed by atoms with Gasteiger partial charge in [-0.3, -0.25) is 4.68 Å². The van der Waals surface area contributed by atoms with Crippen LogP contribution >= 0.6 is 0 Å². The zero-order valence-corrected chi connectivity index (χ0v) is 10.8. The van der Waals surface area contributed by atoms with Gasteiger partial charge < -0.3 is 9.88 Å². The van der Waals surface area contributed by atoms with Gasteiger partial charge in [0.2, 0.25) is 0 Å². The van der Waals surface area contributed by atoms with Gasteiger partial charge in [0.15, 0.2) is 0 Å². The molecule has 1 aliphatic rings. The van der Waals surface area contributed by atoms with Crippen LogP contribution in [-0.4, -0.2) is 14.3 Å². The molecule has 0 amide bonds. The number of hydrogen-bond acceptors (Lipinski definition) is 2. The molecule has 0 bridgehead atoms. The van der Waals surface area contributed by atoms with Crippen LogP contribution in [0.5, 0.6) is 0 Å². The number of nitrogens with one attached hydrogen (secondary N) is 1. The minimum Gasteiger partial charge on any atom is -0.377 e. The molecule has 1 saturated carbocycles. The highest BCUT2D eigenvalue weighted by atomic mass is 15.3. The quantitative estimate of drug-likeness (QED) is 0.897. The van der Waals surface area contributed by atoms with Gasteiger partial charge in [0.25, 0.3) is 0 Å². The van der Waals surface area contributed by atoms with E-state index in [2.05, 4.69) is 51.2 Å². The summed E-state index contributed by atoms with van der Waals surface area (Å²) in [7, 11) is 2.07. The Bertz CT molecular complexity index is 505. The monoisotopic (exact) mass is 244 g/mol. The molecule has 2 aromatic heterocycles. The van der Waals surface area contributed by atoms with Crippen molar-refractivity contribution in [3.63, 3.8) is 0 Å². The summed E-state index contributed by atoms with van der Waals surface area (Å²) in [6.45, 7) is 0.847. The lowest BCUT2D eigenvalue weighted by atomic mass is 10.3. The van der Waals surface area contributed by atoms with Crippen molar-refractivity contribution in [1.82, 2.24) is 14.3 Å². The molecule has 0 saturated heterocycles. The largest absolute Gasteiger partial charge is 0.377 e. The van der Waals surface area contributed by atoms with E-state index in [9.17, 15) is 0 Å². The first-order chi connectivity index (χ1) is 8.83. The molecule has 1 aliphatic carbocycles. The van der Waals surface area contributed by atoms with Crippen molar-refractivity contribution in [1.29, 1.82) is 0 Å². The van der Waals surface area contributed by atoms with E-state index in [0.29, 0.717) is 6.04 Å². The van der Waals surface area contributed by atoms with Crippen LogP contribution in [0.3, 0.4) is 0 Å². The summed E-state index contributed by atoms with van der Waals surface area (Å²) in [4.78, 5) is 0. The Balaban J connectivity index is 1.61. The number of aromatic nitrogens is 3. The van der Waals surface area contributed by atoms with Gasteiger partial charge in [0.05, 0.1) is 24.5 Å². The Labute approximate surface area is 108 Å². The fourth-order valence-electron chi connectivity index (χ4n) is 2.67. The predicted molar refractivity (Wildman–Crippen MR) is 72.5 cm³/mol. The molecule has 0 aromatic carbocycles. The van der Waals surface area contributed by atoms with Crippen molar-refractivity contribution in [2.75, 3.05) is 5.32 Å². The molecule has 0 spiro atoms. The third-order valence-corrected chi connectivity index (χ3v) is 3.83. The SMILES string of the molecule is Cn1cccc1CNc1cnn(C2CCCC2)c1. The summed E-state index contributed by atoms with van der Waals surface area (Å²) in [5.41, 5.74) is 2.40. The average Bonchev–Trinajstić information content (AvgIpc) is 3.08. The molecular formula is C14H20N4. The number of anilines is 1. The molecule has 0 atom stereocenters. The number of nitrogens with zero attached hydrogens (tertiary/aromatic N) is 3. The van der Waals surface area contributed by atoms with Crippen LogP contribution in [0, 0.1) is 0 Å². The molecule has 2 aromatic rings. The highest BCUT2D eigenvalue weighted by Gasteiger charge is 2.17. The molecule has 0 aliphatic heterocycles. The number of aryl methyl sites for hydroxylation is 1. The molecular weight excluding hydrogens is 224 g/mol. The first-order valence-electron chi connectivity index (χ1n) is 6.71. The van der Waals surface area contributed by atoms with E-state index in [1.807, 2.05) is 6.20 Å². The van der Waals surface area contributed by atoms with E-state index >= 15 is 0 Å². The van der Waals surface area contributed by atoms with E-state index in [0.717, 1.165) is 12.2 Å². The molecule has 4 heteroatoms. The Kier molecular flexibility index (Phi) is 3.09. The third kappa shape index (κ3) is 2.28. The summed E-state index contributed by atoms with van der Waals surface area (Å²) in [6, 6.07) is 4.82. The molecule has 2 heterocycles. The Morgan fingerprint density at radius 1 is 1.39 bits per heavy atom. The molecule has 4 nitrogen and oxygen atoms in total. The summed E-state index contributed by atoms with van der Waals surface area (Å²) in [5.74, 6) is 0. The second kappa shape index (κ2) is 4.88. The zero-order valence-electron chi connectivity index (χ0n) is 10.8. The van der Waals surface area contributed by atoms with E-state index in [1.54, 1.807) is 0 Å². The second-order valence-electron chi connectivity index (χ2n) is 5.11. The van der Waals surface area contributed by atoms with Crippen LogP contribution in [0.1, 0.15) is 37.4 Å². The standard InChI is InChI=1S/C14H20N4/c1-17-8-4-7-14(17)10-15-12-9-16-18(11-12)13-5-2-3-6-13/h4,7-9,11,13,15H,2-3,5-6,10H2,1H3. The van der Waals surface area contributed by atoms with Crippen molar-refractivity contribution in [2.24, 2.45) is 7.05 Å². The van der Waals surface area contributed by atoms with E-state index in [1.165, 1.54) is 31.4 Å². The summed E-state index contributed by atoms with van der Waals surface area (Å²) >= 11 is 0. The molecule has 0 radical (unpaired) electrons. The second-order valence-corrected chi connectivity index (χ2v) is 5.11. The maximum absolute atomic E-state index is 4.47. The smallest absolute Gasteiger partial charge is 0.0729 e. The van der Waals surface area contributed by atoms with Gasteiger partial charge in [-0.2, -0.15) is 5.10 Å². The van der Waals surface area contributed by atoms with Crippen LogP contribution in [0.15, 0.2) is 30.7 Å². The van der Waals surface area contributed by atoms with E-state index < -0.39 is 0 Å². The predicted octanol–water partition coefficient (Wildman–Crippen LogP) is 2.95. The van der Waals surface area contributed by atoms with Gasteiger partial charge in [-0.15, -0.1) is 0 Å². The lowest BCUT2D eigenvalue weighted by Crippen LogP contribution is -2.05. The summed E-state index contributed by atoms with van der Waals surface area (Å²) < 4.78 is 4.26. The van der Waals surface area contributed by atoms with Gasteiger partial charge in [-0.1, -0.05) is 12.8 Å². The normalized spacial score (nSPS) is 16.3. The first kappa shape index (κ1) is 11.4. The van der Waals surface area contributed by atoms with Crippen molar-refractivity contribution < 1.29 is 0 Å². The zero-order chi connectivity index (χ0) is 12.4. The molecule has 18 heavy (non-hydrogen) atoms. The molecule has 3 rings (SSSR count). The van der Waals surface area contributed by atoms with Crippen molar-refractivity contribution >= 4 is 5.69 Å². The van der Waals surface area contributed by atoms with E-state index in [4.69, 9.17) is 0 Å². The highest BCUT2D eigenvalue weighted by molar-refractivity contribution is 5.38. The van der Waals surface area contributed by atoms with Crippen molar-refractivity contribution in [3.05, 3.63) is 36.4 Å². The van der Waals surface area contributed by atoms with Crippen LogP contribution in [-0.2, 0) is 13.6 Å². The summed E-state index contributed by atoms with van der Waals surface area (Å²) in [6.07, 6.45) is 11.4. The van der Waals surface area contributed by atoms with Crippen LogP contribution in [0.4, 0.5) is 5.69 Å². The Hall–Kier alpha value is -1.71. The molecule has 1 N–H and O–H groups in total. The average molecular weight is 244 g/mol. The highest BCUT2D eigenvalue weighted by Crippen LogP contribution is 2.29. The fraction of sp³-hybridized carbons (Fsp3) is 0.500. The molecule has 96 valence electrons. The molecule has 0 unspecified atom stereocenters.